The highest BCUT2D eigenvalue weighted by molar-refractivity contribution is 6.30. The minimum atomic E-state index is -3.67. The second kappa shape index (κ2) is 4.48. The maximum absolute atomic E-state index is 13.0. The van der Waals surface area contributed by atoms with Crippen molar-refractivity contribution in [3.63, 3.8) is 0 Å². The van der Waals surface area contributed by atoms with Crippen molar-refractivity contribution in [1.29, 1.82) is 0 Å². The van der Waals surface area contributed by atoms with E-state index < -0.39 is 35.7 Å². The van der Waals surface area contributed by atoms with Crippen LogP contribution in [0, 0.1) is 5.82 Å². The van der Waals surface area contributed by atoms with E-state index in [1.807, 2.05) is 0 Å². The predicted octanol–water partition coefficient (Wildman–Crippen LogP) is 1.81. The van der Waals surface area contributed by atoms with Gasteiger partial charge >= 0.3 is 0 Å². The number of hydrogen-bond acceptors (Lipinski definition) is 3. The molecule has 0 spiro atoms. The minimum Gasteiger partial charge on any atom is -0.505 e. The summed E-state index contributed by atoms with van der Waals surface area (Å²) in [6.07, 6.45) is 0. The Balaban J connectivity index is 3.23. The average Bonchev–Trinajstić information content (AvgIpc) is 2.22. The number of nitrogens with two attached hydrogens (primary N) is 1. The van der Waals surface area contributed by atoms with Gasteiger partial charge in [-0.15, -0.1) is 0 Å². The number of aliphatic hydroxyl groups is 1. The summed E-state index contributed by atoms with van der Waals surface area (Å²) in [5, 5.41) is 17.5. The van der Waals surface area contributed by atoms with E-state index in [-0.39, 0.29) is 5.02 Å². The van der Waals surface area contributed by atoms with Crippen LogP contribution in [0.25, 0.3) is 0 Å². The zero-order chi connectivity index (χ0) is 12.5. The molecule has 0 aliphatic rings. The van der Waals surface area contributed by atoms with Gasteiger partial charge in [-0.3, -0.25) is 0 Å². The molecule has 1 atom stereocenters. The normalized spacial score (nSPS) is 13.9. The Morgan fingerprint density at radius 3 is 2.50 bits per heavy atom. The van der Waals surface area contributed by atoms with Gasteiger partial charge in [0.15, 0.2) is 11.6 Å². The molecule has 0 amide bonds. The summed E-state index contributed by atoms with van der Waals surface area (Å²) in [5.74, 6) is -5.81. The van der Waals surface area contributed by atoms with Gasteiger partial charge in [-0.2, -0.15) is 0 Å². The largest absolute Gasteiger partial charge is 0.505 e. The first kappa shape index (κ1) is 13.1. The van der Waals surface area contributed by atoms with E-state index in [1.165, 1.54) is 0 Å². The highest BCUT2D eigenvalue weighted by Gasteiger charge is 2.39. The molecule has 0 aliphatic carbocycles. The van der Waals surface area contributed by atoms with Crippen molar-refractivity contribution in [1.82, 2.24) is 0 Å². The lowest BCUT2D eigenvalue weighted by molar-refractivity contribution is -0.0716. The van der Waals surface area contributed by atoms with Crippen LogP contribution in [0.1, 0.15) is 11.6 Å². The third-order valence-electron chi connectivity index (χ3n) is 2.06. The summed E-state index contributed by atoms with van der Waals surface area (Å²) in [5.41, 5.74) is 4.57. The van der Waals surface area contributed by atoms with Crippen LogP contribution in [0.5, 0.6) is 5.75 Å². The van der Waals surface area contributed by atoms with Gasteiger partial charge in [-0.25, -0.2) is 13.2 Å². The maximum Gasteiger partial charge on any atom is 0.289 e. The summed E-state index contributed by atoms with van der Waals surface area (Å²) in [4.78, 5) is 0. The summed E-state index contributed by atoms with van der Waals surface area (Å²) < 4.78 is 39.0. The van der Waals surface area contributed by atoms with Crippen LogP contribution in [0.4, 0.5) is 13.2 Å². The van der Waals surface area contributed by atoms with Gasteiger partial charge in [0.05, 0.1) is 0 Å². The lowest BCUT2D eigenvalue weighted by Crippen LogP contribution is -2.36. The number of halogens is 4. The lowest BCUT2D eigenvalue weighted by Gasteiger charge is -2.22. The fourth-order valence-electron chi connectivity index (χ4n) is 1.15. The third-order valence-corrected chi connectivity index (χ3v) is 2.28. The topological polar surface area (TPSA) is 66.5 Å². The first-order valence-electron chi connectivity index (χ1n) is 4.21. The number of benzene rings is 1. The van der Waals surface area contributed by atoms with Gasteiger partial charge in [0.25, 0.3) is 5.92 Å². The summed E-state index contributed by atoms with van der Waals surface area (Å²) in [6.45, 7) is -1.51. The molecule has 7 heteroatoms. The number of aromatic hydroxyl groups is 1. The number of aliphatic hydroxyl groups excluding tert-OH is 1. The highest BCUT2D eigenvalue weighted by atomic mass is 35.5. The van der Waals surface area contributed by atoms with Crippen molar-refractivity contribution in [2.24, 2.45) is 5.73 Å². The van der Waals surface area contributed by atoms with E-state index in [2.05, 4.69) is 0 Å². The van der Waals surface area contributed by atoms with Crippen LogP contribution in [0.15, 0.2) is 12.1 Å². The second-order valence-electron chi connectivity index (χ2n) is 3.22. The first-order chi connectivity index (χ1) is 7.29. The van der Waals surface area contributed by atoms with Crippen molar-refractivity contribution < 1.29 is 23.4 Å². The smallest absolute Gasteiger partial charge is 0.289 e. The van der Waals surface area contributed by atoms with Crippen LogP contribution < -0.4 is 5.73 Å². The van der Waals surface area contributed by atoms with E-state index in [9.17, 15) is 18.3 Å². The third kappa shape index (κ3) is 2.40. The van der Waals surface area contributed by atoms with Gasteiger partial charge in [0, 0.05) is 10.6 Å². The molecule has 90 valence electrons. The fourth-order valence-corrected chi connectivity index (χ4v) is 1.36. The van der Waals surface area contributed by atoms with Gasteiger partial charge in [0.1, 0.15) is 12.6 Å². The number of alkyl halides is 2. The maximum atomic E-state index is 13.0. The molecule has 16 heavy (non-hydrogen) atoms. The Morgan fingerprint density at radius 2 is 2.00 bits per heavy atom. The van der Waals surface area contributed by atoms with Gasteiger partial charge in [-0.1, -0.05) is 11.6 Å². The van der Waals surface area contributed by atoms with Crippen LogP contribution >= 0.6 is 11.6 Å². The zero-order valence-electron chi connectivity index (χ0n) is 7.92. The molecule has 0 saturated carbocycles. The van der Waals surface area contributed by atoms with Crippen molar-refractivity contribution in [2.45, 2.75) is 12.0 Å². The van der Waals surface area contributed by atoms with Gasteiger partial charge < -0.3 is 15.9 Å². The van der Waals surface area contributed by atoms with Gasteiger partial charge in [0.2, 0.25) is 0 Å². The number of rotatable bonds is 3. The molecule has 1 aromatic rings. The first-order valence-corrected chi connectivity index (χ1v) is 4.59. The second-order valence-corrected chi connectivity index (χ2v) is 3.66. The quantitative estimate of drug-likeness (QED) is 0.772. The molecule has 0 fully saturated rings. The highest BCUT2D eigenvalue weighted by Crippen LogP contribution is 2.36. The van der Waals surface area contributed by atoms with E-state index in [0.717, 1.165) is 12.1 Å². The van der Waals surface area contributed by atoms with E-state index in [4.69, 9.17) is 22.4 Å². The lowest BCUT2D eigenvalue weighted by atomic mass is 10.0. The minimum absolute atomic E-state index is 0.172. The molecule has 0 radical (unpaired) electrons. The van der Waals surface area contributed by atoms with Crippen LogP contribution in [0.2, 0.25) is 5.02 Å². The predicted molar refractivity (Wildman–Crippen MR) is 52.0 cm³/mol. The Hall–Kier alpha value is -0.980. The average molecular weight is 256 g/mol. The molecule has 1 aromatic carbocycles. The van der Waals surface area contributed by atoms with Crippen molar-refractivity contribution in [3.8, 4) is 5.75 Å². The molecular weight excluding hydrogens is 247 g/mol. The molecule has 3 nitrogen and oxygen atoms in total. The number of hydrogen-bond donors (Lipinski definition) is 3. The number of phenolic OH excluding ortho intramolecular Hbond substituents is 1. The number of phenols is 1. The Bertz CT molecular complexity index is 401. The molecule has 0 aromatic heterocycles. The standard InChI is InChI=1S/C9H9ClF3NO2/c10-4-1-5(7(16)6(11)2-4)8(14)9(12,13)3-15/h1-2,8,15-16H,3,14H2/t8-/m1/s1. The van der Waals surface area contributed by atoms with Crippen molar-refractivity contribution >= 4 is 11.6 Å². The molecule has 0 heterocycles. The molecule has 0 aliphatic heterocycles. The SMILES string of the molecule is N[C@H](c1cc(Cl)cc(F)c1O)C(F)(F)CO. The molecule has 4 N–H and O–H groups in total. The van der Waals surface area contributed by atoms with E-state index in [1.54, 1.807) is 0 Å². The van der Waals surface area contributed by atoms with E-state index in [0.29, 0.717) is 0 Å². The Kier molecular flexibility index (Phi) is 3.67. The molecule has 0 saturated heterocycles. The molecule has 0 unspecified atom stereocenters. The molecular formula is C9H9ClF3NO2. The van der Waals surface area contributed by atoms with E-state index >= 15 is 0 Å². The van der Waals surface area contributed by atoms with Crippen LogP contribution in [-0.4, -0.2) is 22.7 Å². The Labute approximate surface area is 94.3 Å². The van der Waals surface area contributed by atoms with Crippen molar-refractivity contribution in [3.05, 3.63) is 28.5 Å². The van der Waals surface area contributed by atoms with Gasteiger partial charge in [-0.05, 0) is 12.1 Å². The fraction of sp³-hybridized carbons (Fsp3) is 0.333. The molecule has 0 bridgehead atoms. The summed E-state index contributed by atoms with van der Waals surface area (Å²) in [6, 6.07) is -0.344. The zero-order valence-corrected chi connectivity index (χ0v) is 8.68. The summed E-state index contributed by atoms with van der Waals surface area (Å²) >= 11 is 5.45. The Morgan fingerprint density at radius 1 is 1.44 bits per heavy atom. The van der Waals surface area contributed by atoms with Crippen LogP contribution in [0.3, 0.4) is 0 Å². The van der Waals surface area contributed by atoms with Crippen LogP contribution in [-0.2, 0) is 0 Å². The molecule has 1 rings (SSSR count). The monoisotopic (exact) mass is 255 g/mol. The van der Waals surface area contributed by atoms with Crippen molar-refractivity contribution in [2.75, 3.05) is 6.61 Å². The summed E-state index contributed by atoms with van der Waals surface area (Å²) in [7, 11) is 0.